The number of hydrogen-bond donors (Lipinski definition) is 0. The van der Waals surface area contributed by atoms with Crippen molar-refractivity contribution in [3.8, 4) is 33.4 Å². The maximum Gasteiger partial charge on any atom is 0.0713 e. The summed E-state index contributed by atoms with van der Waals surface area (Å²) in [5.74, 6) is 0. The molecule has 1 heteroatoms. The highest BCUT2D eigenvalue weighted by Crippen LogP contribution is 2.58. The zero-order valence-corrected chi connectivity index (χ0v) is 32.2. The summed E-state index contributed by atoms with van der Waals surface area (Å²) in [6.07, 6.45) is 0. The van der Waals surface area contributed by atoms with Crippen molar-refractivity contribution < 1.29 is 0 Å². The van der Waals surface area contributed by atoms with Gasteiger partial charge < -0.3 is 4.90 Å². The molecule has 270 valence electrons. The van der Waals surface area contributed by atoms with Crippen LogP contribution in [0.2, 0.25) is 0 Å². The third-order valence-electron chi connectivity index (χ3n) is 12.7. The molecule has 0 heterocycles. The molecule has 0 fully saturated rings. The molecule has 2 aliphatic rings. The van der Waals surface area contributed by atoms with Gasteiger partial charge in [0.1, 0.15) is 0 Å². The molecule has 0 bridgehead atoms. The first-order valence-corrected chi connectivity index (χ1v) is 20.0. The molecule has 9 aromatic carbocycles. The molecule has 0 amide bonds. The standard InChI is InChI=1S/C56H41N/c1-55(2)50-33-31-45(37-49(50)54-46(26-16-28-53(54)55)39-18-6-3-7-19-39)57(43-30-29-38-17-12-13-20-40(38)35-43)44-32-34-52-48(36-44)47-25-14-15-27-51(47)56(52,41-21-8-4-9-22-41)42-23-10-5-11-24-42/h3-37H,1-2H3. The Labute approximate surface area is 335 Å². The zero-order valence-electron chi connectivity index (χ0n) is 32.2. The Bertz CT molecular complexity index is 2940. The first kappa shape index (κ1) is 33.4. The zero-order chi connectivity index (χ0) is 38.1. The van der Waals surface area contributed by atoms with E-state index in [1.165, 1.54) is 77.5 Å². The fourth-order valence-electron chi connectivity index (χ4n) is 10.1. The number of benzene rings is 9. The third-order valence-corrected chi connectivity index (χ3v) is 12.7. The van der Waals surface area contributed by atoms with E-state index in [1.54, 1.807) is 0 Å². The first-order chi connectivity index (χ1) is 28.0. The Kier molecular flexibility index (Phi) is 7.50. The second-order valence-corrected chi connectivity index (χ2v) is 16.1. The smallest absolute Gasteiger partial charge is 0.0713 e. The number of nitrogens with zero attached hydrogens (tertiary/aromatic N) is 1. The maximum absolute atomic E-state index is 2.47. The average molecular weight is 728 g/mol. The normalized spacial score (nSPS) is 14.1. The predicted octanol–water partition coefficient (Wildman–Crippen LogP) is 14.6. The van der Waals surface area contributed by atoms with Gasteiger partial charge in [0.05, 0.1) is 5.41 Å². The van der Waals surface area contributed by atoms with Gasteiger partial charge in [0, 0.05) is 22.5 Å². The first-order valence-electron chi connectivity index (χ1n) is 20.0. The molecule has 0 unspecified atom stereocenters. The summed E-state index contributed by atoms with van der Waals surface area (Å²) in [5.41, 5.74) is 18.4. The Morgan fingerprint density at radius 3 is 1.56 bits per heavy atom. The third kappa shape index (κ3) is 4.95. The van der Waals surface area contributed by atoms with Crippen LogP contribution in [0.4, 0.5) is 17.1 Å². The number of hydrogen-bond acceptors (Lipinski definition) is 1. The summed E-state index contributed by atoms with van der Waals surface area (Å²) in [6.45, 7) is 4.74. The molecule has 0 N–H and O–H groups in total. The molecular weight excluding hydrogens is 687 g/mol. The average Bonchev–Trinajstić information content (AvgIpc) is 3.70. The highest BCUT2D eigenvalue weighted by atomic mass is 15.1. The van der Waals surface area contributed by atoms with Crippen LogP contribution in [0.15, 0.2) is 212 Å². The van der Waals surface area contributed by atoms with Crippen LogP contribution in [0.25, 0.3) is 44.2 Å². The van der Waals surface area contributed by atoms with Crippen LogP contribution >= 0.6 is 0 Å². The predicted molar refractivity (Wildman–Crippen MR) is 239 cm³/mol. The highest BCUT2D eigenvalue weighted by Gasteiger charge is 2.46. The van der Waals surface area contributed by atoms with Gasteiger partial charge in [0.25, 0.3) is 0 Å². The van der Waals surface area contributed by atoms with Crippen molar-refractivity contribution in [3.63, 3.8) is 0 Å². The van der Waals surface area contributed by atoms with E-state index in [0.29, 0.717) is 0 Å². The lowest BCUT2D eigenvalue weighted by Gasteiger charge is -2.34. The van der Waals surface area contributed by atoms with E-state index >= 15 is 0 Å². The van der Waals surface area contributed by atoms with Gasteiger partial charge in [-0.15, -0.1) is 0 Å². The monoisotopic (exact) mass is 727 g/mol. The fourth-order valence-corrected chi connectivity index (χ4v) is 10.1. The summed E-state index contributed by atoms with van der Waals surface area (Å²) >= 11 is 0. The quantitative estimate of drug-likeness (QED) is 0.165. The Morgan fingerprint density at radius 2 is 0.842 bits per heavy atom. The van der Waals surface area contributed by atoms with Crippen molar-refractivity contribution in [2.45, 2.75) is 24.7 Å². The van der Waals surface area contributed by atoms with Crippen LogP contribution in [0, 0.1) is 0 Å². The van der Waals surface area contributed by atoms with E-state index in [2.05, 4.69) is 231 Å². The minimum atomic E-state index is -0.447. The lowest BCUT2D eigenvalue weighted by molar-refractivity contribution is 0.660. The Balaban J connectivity index is 1.16. The highest BCUT2D eigenvalue weighted by molar-refractivity contribution is 5.97. The van der Waals surface area contributed by atoms with Gasteiger partial charge in [-0.25, -0.2) is 0 Å². The van der Waals surface area contributed by atoms with Gasteiger partial charge in [0.2, 0.25) is 0 Å². The van der Waals surface area contributed by atoms with Gasteiger partial charge in [-0.1, -0.05) is 190 Å². The molecule has 0 atom stereocenters. The number of fused-ring (bicyclic) bond motifs is 7. The largest absolute Gasteiger partial charge is 0.310 e. The molecule has 57 heavy (non-hydrogen) atoms. The van der Waals surface area contributed by atoms with Crippen LogP contribution in [-0.4, -0.2) is 0 Å². The van der Waals surface area contributed by atoms with Crippen LogP contribution in [0.3, 0.4) is 0 Å². The minimum Gasteiger partial charge on any atom is -0.310 e. The van der Waals surface area contributed by atoms with E-state index in [4.69, 9.17) is 0 Å². The van der Waals surface area contributed by atoms with Crippen molar-refractivity contribution in [1.82, 2.24) is 0 Å². The molecule has 0 saturated heterocycles. The van der Waals surface area contributed by atoms with Gasteiger partial charge in [0.15, 0.2) is 0 Å². The van der Waals surface area contributed by atoms with E-state index in [9.17, 15) is 0 Å². The van der Waals surface area contributed by atoms with Gasteiger partial charge in [-0.3, -0.25) is 0 Å². The summed E-state index contributed by atoms with van der Waals surface area (Å²) in [5, 5.41) is 2.45. The van der Waals surface area contributed by atoms with E-state index in [-0.39, 0.29) is 5.41 Å². The molecule has 0 aromatic heterocycles. The molecule has 1 nitrogen and oxygen atoms in total. The van der Waals surface area contributed by atoms with Crippen molar-refractivity contribution in [3.05, 3.63) is 246 Å². The molecule has 11 rings (SSSR count). The minimum absolute atomic E-state index is 0.128. The summed E-state index contributed by atoms with van der Waals surface area (Å²) < 4.78 is 0. The molecule has 9 aromatic rings. The fraction of sp³-hybridized carbons (Fsp3) is 0.0714. The van der Waals surface area contributed by atoms with Crippen molar-refractivity contribution >= 4 is 27.8 Å². The van der Waals surface area contributed by atoms with Crippen LogP contribution in [0.5, 0.6) is 0 Å². The van der Waals surface area contributed by atoms with Gasteiger partial charge in [-0.05, 0) is 114 Å². The lowest BCUT2D eigenvalue weighted by Crippen LogP contribution is -2.28. The topological polar surface area (TPSA) is 3.24 Å². The summed E-state index contributed by atoms with van der Waals surface area (Å²) in [7, 11) is 0. The summed E-state index contributed by atoms with van der Waals surface area (Å²) in [4.78, 5) is 2.47. The molecule has 0 spiro atoms. The van der Waals surface area contributed by atoms with Gasteiger partial charge >= 0.3 is 0 Å². The molecule has 0 radical (unpaired) electrons. The molecule has 2 aliphatic carbocycles. The van der Waals surface area contributed by atoms with Crippen LogP contribution in [0.1, 0.15) is 47.2 Å². The van der Waals surface area contributed by atoms with Crippen LogP contribution < -0.4 is 4.90 Å². The lowest BCUT2D eigenvalue weighted by atomic mass is 9.68. The van der Waals surface area contributed by atoms with E-state index < -0.39 is 5.41 Å². The Hall–Kier alpha value is -6.96. The van der Waals surface area contributed by atoms with Crippen molar-refractivity contribution in [1.29, 1.82) is 0 Å². The molecular formula is C56H41N. The summed E-state index contributed by atoms with van der Waals surface area (Å²) in [6, 6.07) is 78.7. The maximum atomic E-state index is 2.47. The Morgan fingerprint density at radius 1 is 0.333 bits per heavy atom. The SMILES string of the molecule is CC1(C)c2ccc(N(c3ccc4c(c3)-c3ccccc3C4(c3ccccc3)c3ccccc3)c3ccc4ccccc4c3)cc2-c2c(-c3ccccc3)cccc21. The number of anilines is 3. The molecule has 0 saturated carbocycles. The second kappa shape index (κ2) is 12.8. The molecule has 0 aliphatic heterocycles. The van der Waals surface area contributed by atoms with Crippen LogP contribution in [-0.2, 0) is 10.8 Å². The van der Waals surface area contributed by atoms with Crippen molar-refractivity contribution in [2.24, 2.45) is 0 Å². The van der Waals surface area contributed by atoms with Crippen molar-refractivity contribution in [2.75, 3.05) is 4.90 Å². The van der Waals surface area contributed by atoms with Gasteiger partial charge in [-0.2, -0.15) is 0 Å². The number of rotatable bonds is 6. The second-order valence-electron chi connectivity index (χ2n) is 16.1. The van der Waals surface area contributed by atoms with E-state index in [0.717, 1.165) is 17.1 Å². The van der Waals surface area contributed by atoms with E-state index in [1.807, 2.05) is 0 Å².